The van der Waals surface area contributed by atoms with E-state index in [-0.39, 0.29) is 29.9 Å². The third kappa shape index (κ3) is 6.90. The van der Waals surface area contributed by atoms with Crippen LogP contribution in [-0.4, -0.2) is 57.6 Å². The zero-order valence-electron chi connectivity index (χ0n) is 17.6. The molecule has 174 valence electrons. The second-order valence-corrected chi connectivity index (χ2v) is 12.6. The Morgan fingerprint density at radius 1 is 1.16 bits per heavy atom. The number of nitrogens with zero attached hydrogens (tertiary/aromatic N) is 1. The molecule has 0 spiro atoms. The molecule has 0 unspecified atom stereocenters. The number of halogens is 1. The van der Waals surface area contributed by atoms with Gasteiger partial charge in [0.1, 0.15) is 4.21 Å². The lowest BCUT2D eigenvalue weighted by Gasteiger charge is -2.33. The van der Waals surface area contributed by atoms with Gasteiger partial charge in [0.25, 0.3) is 0 Å². The van der Waals surface area contributed by atoms with Crippen LogP contribution < -0.4 is 10.0 Å². The standard InChI is InChI=1S/C20H30BrN3O5S2/c1-2-29-20(26)24-11-9-16(10-12-24)23-19(25)15-5-3-14(4-6-15)13-22-31(27,28)18-8-7-17(21)30-18/h7-8,14-16,22H,2-6,9-13H2,1H3,(H,23,25). The molecule has 1 aliphatic carbocycles. The first kappa shape index (κ1) is 24.5. The highest BCUT2D eigenvalue weighted by molar-refractivity contribution is 9.11. The minimum atomic E-state index is -3.48. The van der Waals surface area contributed by atoms with Gasteiger partial charge >= 0.3 is 6.09 Å². The van der Waals surface area contributed by atoms with Gasteiger partial charge in [-0.1, -0.05) is 0 Å². The average Bonchev–Trinajstić information content (AvgIpc) is 3.21. The molecule has 0 aromatic carbocycles. The molecule has 0 bridgehead atoms. The summed E-state index contributed by atoms with van der Waals surface area (Å²) in [5.41, 5.74) is 0. The lowest BCUT2D eigenvalue weighted by molar-refractivity contribution is -0.127. The number of rotatable bonds is 7. The molecule has 1 aliphatic heterocycles. The summed E-state index contributed by atoms with van der Waals surface area (Å²) < 4.78 is 33.6. The van der Waals surface area contributed by atoms with Crippen LogP contribution in [0.4, 0.5) is 4.79 Å². The number of sulfonamides is 1. The fourth-order valence-corrected chi connectivity index (χ4v) is 7.28. The number of hydrogen-bond acceptors (Lipinski definition) is 6. The average molecular weight is 537 g/mol. The van der Waals surface area contributed by atoms with Crippen molar-refractivity contribution in [3.63, 3.8) is 0 Å². The van der Waals surface area contributed by atoms with E-state index >= 15 is 0 Å². The molecule has 2 amide bonds. The van der Waals surface area contributed by atoms with Crippen molar-refractivity contribution in [2.75, 3.05) is 26.2 Å². The van der Waals surface area contributed by atoms with Gasteiger partial charge in [-0.15, -0.1) is 11.3 Å². The Morgan fingerprint density at radius 3 is 2.42 bits per heavy atom. The van der Waals surface area contributed by atoms with Gasteiger partial charge in [0.2, 0.25) is 15.9 Å². The van der Waals surface area contributed by atoms with Crippen molar-refractivity contribution < 1.29 is 22.7 Å². The molecule has 3 rings (SSSR count). The Labute approximate surface area is 196 Å². The molecule has 0 radical (unpaired) electrons. The van der Waals surface area contributed by atoms with Crippen LogP contribution in [0.5, 0.6) is 0 Å². The Hall–Kier alpha value is -1.17. The summed E-state index contributed by atoms with van der Waals surface area (Å²) in [5.74, 6) is 0.302. The summed E-state index contributed by atoms with van der Waals surface area (Å²) >= 11 is 4.48. The Balaban J connectivity index is 1.37. The van der Waals surface area contributed by atoms with Gasteiger partial charge in [-0.2, -0.15) is 0 Å². The quantitative estimate of drug-likeness (QED) is 0.557. The maximum atomic E-state index is 12.7. The van der Waals surface area contributed by atoms with E-state index in [9.17, 15) is 18.0 Å². The van der Waals surface area contributed by atoms with Crippen LogP contribution in [0, 0.1) is 11.8 Å². The molecule has 31 heavy (non-hydrogen) atoms. The van der Waals surface area contributed by atoms with Gasteiger partial charge in [0, 0.05) is 31.6 Å². The van der Waals surface area contributed by atoms with Crippen LogP contribution in [0.15, 0.2) is 20.1 Å². The summed E-state index contributed by atoms with van der Waals surface area (Å²) in [6.45, 7) is 3.75. The van der Waals surface area contributed by atoms with Crippen LogP contribution >= 0.6 is 27.3 Å². The fraction of sp³-hybridized carbons (Fsp3) is 0.700. The zero-order valence-corrected chi connectivity index (χ0v) is 20.9. The molecule has 8 nitrogen and oxygen atoms in total. The number of carbonyl (C=O) groups excluding carboxylic acids is 2. The van der Waals surface area contributed by atoms with E-state index in [0.717, 1.165) is 42.3 Å². The monoisotopic (exact) mass is 535 g/mol. The Kier molecular flexibility index (Phi) is 8.77. The van der Waals surface area contributed by atoms with Crippen molar-refractivity contribution in [1.29, 1.82) is 0 Å². The number of carbonyl (C=O) groups is 2. The summed E-state index contributed by atoms with van der Waals surface area (Å²) in [6, 6.07) is 3.41. The van der Waals surface area contributed by atoms with Crippen LogP contribution in [0.3, 0.4) is 0 Å². The molecule has 2 fully saturated rings. The van der Waals surface area contributed by atoms with Crippen LogP contribution in [0.1, 0.15) is 45.4 Å². The Morgan fingerprint density at radius 2 is 1.84 bits per heavy atom. The molecule has 2 heterocycles. The summed E-state index contributed by atoms with van der Waals surface area (Å²) in [6.07, 6.45) is 4.38. The van der Waals surface area contributed by atoms with E-state index in [0.29, 0.717) is 30.5 Å². The van der Waals surface area contributed by atoms with Crippen molar-refractivity contribution in [1.82, 2.24) is 14.9 Å². The minimum absolute atomic E-state index is 0.0239. The Bertz CT molecular complexity index is 860. The van der Waals surface area contributed by atoms with Crippen LogP contribution in [0.2, 0.25) is 0 Å². The topological polar surface area (TPSA) is 105 Å². The highest BCUT2D eigenvalue weighted by Crippen LogP contribution is 2.30. The van der Waals surface area contributed by atoms with Crippen molar-refractivity contribution in [2.45, 2.75) is 55.7 Å². The second kappa shape index (κ2) is 11.1. The maximum absolute atomic E-state index is 12.7. The highest BCUT2D eigenvalue weighted by atomic mass is 79.9. The minimum Gasteiger partial charge on any atom is -0.450 e. The molecule has 1 saturated carbocycles. The van der Waals surface area contributed by atoms with E-state index in [2.05, 4.69) is 26.0 Å². The van der Waals surface area contributed by atoms with Gasteiger partial charge < -0.3 is 15.0 Å². The molecule has 0 atom stereocenters. The van der Waals surface area contributed by atoms with Gasteiger partial charge in [-0.3, -0.25) is 4.79 Å². The third-order valence-corrected chi connectivity index (χ3v) is 9.50. The van der Waals surface area contributed by atoms with E-state index < -0.39 is 10.0 Å². The molecule has 2 N–H and O–H groups in total. The number of piperidine rings is 1. The fourth-order valence-electron chi connectivity index (χ4n) is 4.11. The molecule has 1 aromatic heterocycles. The normalized spacial score (nSPS) is 22.8. The molecular formula is C20H30BrN3O5S2. The first-order valence-electron chi connectivity index (χ1n) is 10.8. The molecular weight excluding hydrogens is 506 g/mol. The zero-order chi connectivity index (χ0) is 22.4. The molecule has 2 aliphatic rings. The van der Waals surface area contributed by atoms with E-state index in [1.165, 1.54) is 11.3 Å². The van der Waals surface area contributed by atoms with Crippen molar-refractivity contribution in [3.8, 4) is 0 Å². The number of thiophene rings is 1. The van der Waals surface area contributed by atoms with Gasteiger partial charge in [0.15, 0.2) is 0 Å². The lowest BCUT2D eigenvalue weighted by atomic mass is 9.81. The highest BCUT2D eigenvalue weighted by Gasteiger charge is 2.30. The smallest absolute Gasteiger partial charge is 0.409 e. The number of hydrogen-bond donors (Lipinski definition) is 2. The van der Waals surface area contributed by atoms with Crippen molar-refractivity contribution in [3.05, 3.63) is 15.9 Å². The van der Waals surface area contributed by atoms with Crippen molar-refractivity contribution >= 4 is 49.3 Å². The van der Waals surface area contributed by atoms with E-state index in [1.54, 1.807) is 24.0 Å². The molecule has 1 saturated heterocycles. The van der Waals surface area contributed by atoms with Gasteiger partial charge in [-0.25, -0.2) is 17.9 Å². The number of amides is 2. The van der Waals surface area contributed by atoms with E-state index in [1.807, 2.05) is 0 Å². The molecule has 11 heteroatoms. The molecule has 1 aromatic rings. The third-order valence-electron chi connectivity index (χ3n) is 5.96. The van der Waals surface area contributed by atoms with Crippen LogP contribution in [0.25, 0.3) is 0 Å². The first-order valence-corrected chi connectivity index (χ1v) is 13.8. The largest absolute Gasteiger partial charge is 0.450 e. The number of ether oxygens (including phenoxy) is 1. The first-order chi connectivity index (χ1) is 14.8. The summed E-state index contributed by atoms with van der Waals surface area (Å²) in [4.78, 5) is 26.1. The number of likely N-dealkylation sites (tertiary alicyclic amines) is 1. The predicted octanol–water partition coefficient (Wildman–Crippen LogP) is 3.33. The SMILES string of the molecule is CCOC(=O)N1CCC(NC(=O)C2CCC(CNS(=O)(=O)c3ccc(Br)s3)CC2)CC1. The number of nitrogens with one attached hydrogen (secondary N) is 2. The summed E-state index contributed by atoms with van der Waals surface area (Å²) in [7, 11) is -3.48. The second-order valence-electron chi connectivity index (χ2n) is 8.10. The van der Waals surface area contributed by atoms with E-state index in [4.69, 9.17) is 4.74 Å². The van der Waals surface area contributed by atoms with Crippen LogP contribution in [-0.2, 0) is 19.6 Å². The van der Waals surface area contributed by atoms with Crippen molar-refractivity contribution in [2.24, 2.45) is 11.8 Å². The maximum Gasteiger partial charge on any atom is 0.409 e. The lowest BCUT2D eigenvalue weighted by Crippen LogP contribution is -2.48. The summed E-state index contributed by atoms with van der Waals surface area (Å²) in [5, 5.41) is 3.14. The predicted molar refractivity (Wildman–Crippen MR) is 122 cm³/mol. The van der Waals surface area contributed by atoms with Gasteiger partial charge in [0.05, 0.1) is 10.4 Å². The van der Waals surface area contributed by atoms with Gasteiger partial charge in [-0.05, 0) is 79.4 Å².